The summed E-state index contributed by atoms with van der Waals surface area (Å²) < 4.78 is 1.93. The second kappa shape index (κ2) is 4.42. The predicted octanol–water partition coefficient (Wildman–Crippen LogP) is 1.73. The highest BCUT2D eigenvalue weighted by Crippen LogP contribution is 2.19. The van der Waals surface area contributed by atoms with Crippen LogP contribution >= 0.6 is 0 Å². The Morgan fingerprint density at radius 1 is 1.54 bits per heavy atom. The normalized spacial score (nSPS) is 13.6. The van der Waals surface area contributed by atoms with Crippen LogP contribution in [-0.2, 0) is 7.05 Å². The lowest BCUT2D eigenvalue weighted by atomic mass is 10.0. The molecule has 0 aliphatic heterocycles. The molecule has 3 nitrogen and oxygen atoms in total. The largest absolute Gasteiger partial charge is 0.312 e. The van der Waals surface area contributed by atoms with Crippen LogP contribution in [0, 0.1) is 5.92 Å². The highest BCUT2D eigenvalue weighted by molar-refractivity contribution is 5.06. The van der Waals surface area contributed by atoms with Gasteiger partial charge in [-0.2, -0.15) is 5.10 Å². The van der Waals surface area contributed by atoms with Gasteiger partial charge in [0.25, 0.3) is 0 Å². The average molecular weight is 181 g/mol. The van der Waals surface area contributed by atoms with E-state index >= 15 is 0 Å². The van der Waals surface area contributed by atoms with Crippen LogP contribution in [0.25, 0.3) is 0 Å². The van der Waals surface area contributed by atoms with E-state index in [0.717, 1.165) is 6.42 Å². The Morgan fingerprint density at radius 2 is 2.23 bits per heavy atom. The molecule has 0 aromatic carbocycles. The summed E-state index contributed by atoms with van der Waals surface area (Å²) in [4.78, 5) is 0. The molecule has 0 saturated carbocycles. The van der Waals surface area contributed by atoms with E-state index in [4.69, 9.17) is 0 Å². The fourth-order valence-electron chi connectivity index (χ4n) is 1.58. The maximum atomic E-state index is 4.17. The molecule has 1 unspecified atom stereocenters. The van der Waals surface area contributed by atoms with Crippen LogP contribution in [0.4, 0.5) is 0 Å². The smallest absolute Gasteiger partial charge is 0.0550 e. The van der Waals surface area contributed by atoms with Crippen molar-refractivity contribution in [2.24, 2.45) is 13.0 Å². The number of hydrogen-bond acceptors (Lipinski definition) is 2. The summed E-state index contributed by atoms with van der Waals surface area (Å²) in [5.41, 5.74) is 1.26. The van der Waals surface area contributed by atoms with E-state index < -0.39 is 0 Å². The molecule has 0 spiro atoms. The van der Waals surface area contributed by atoms with Crippen molar-refractivity contribution in [2.45, 2.75) is 26.3 Å². The Hall–Kier alpha value is -0.830. The van der Waals surface area contributed by atoms with Crippen molar-refractivity contribution in [3.8, 4) is 0 Å². The zero-order valence-corrected chi connectivity index (χ0v) is 8.91. The van der Waals surface area contributed by atoms with Gasteiger partial charge in [-0.05, 0) is 25.5 Å². The average Bonchev–Trinajstić information content (AvgIpc) is 2.47. The molecule has 0 bridgehead atoms. The summed E-state index contributed by atoms with van der Waals surface area (Å²) >= 11 is 0. The number of aryl methyl sites for hydroxylation is 1. The van der Waals surface area contributed by atoms with Crippen LogP contribution in [0.5, 0.6) is 0 Å². The summed E-state index contributed by atoms with van der Waals surface area (Å²) in [5, 5.41) is 7.49. The predicted molar refractivity (Wildman–Crippen MR) is 54.5 cm³/mol. The number of hydrogen-bond donors (Lipinski definition) is 1. The van der Waals surface area contributed by atoms with Crippen molar-refractivity contribution in [3.05, 3.63) is 18.0 Å². The lowest BCUT2D eigenvalue weighted by Crippen LogP contribution is -2.21. The number of nitrogens with one attached hydrogen (secondary N) is 1. The lowest BCUT2D eigenvalue weighted by Gasteiger charge is -2.18. The van der Waals surface area contributed by atoms with E-state index in [1.54, 1.807) is 0 Å². The summed E-state index contributed by atoms with van der Waals surface area (Å²) in [7, 11) is 3.99. The monoisotopic (exact) mass is 181 g/mol. The molecule has 1 N–H and O–H groups in total. The minimum absolute atomic E-state index is 0.424. The van der Waals surface area contributed by atoms with Gasteiger partial charge in [0.2, 0.25) is 0 Å². The van der Waals surface area contributed by atoms with Crippen molar-refractivity contribution in [1.82, 2.24) is 15.1 Å². The molecule has 0 aliphatic rings. The maximum Gasteiger partial charge on any atom is 0.0550 e. The molecule has 1 aromatic heterocycles. The van der Waals surface area contributed by atoms with Gasteiger partial charge in [-0.15, -0.1) is 0 Å². The van der Waals surface area contributed by atoms with Gasteiger partial charge < -0.3 is 5.32 Å². The molecule has 0 radical (unpaired) electrons. The quantitative estimate of drug-likeness (QED) is 0.766. The highest BCUT2D eigenvalue weighted by Gasteiger charge is 2.13. The summed E-state index contributed by atoms with van der Waals surface area (Å²) in [6, 6.07) is 2.50. The minimum Gasteiger partial charge on any atom is -0.312 e. The van der Waals surface area contributed by atoms with Gasteiger partial charge in [-0.3, -0.25) is 4.68 Å². The van der Waals surface area contributed by atoms with Crippen molar-refractivity contribution < 1.29 is 0 Å². The molecule has 0 amide bonds. The van der Waals surface area contributed by atoms with Crippen LogP contribution in [0.2, 0.25) is 0 Å². The number of aromatic nitrogens is 2. The summed E-state index contributed by atoms with van der Waals surface area (Å²) in [5.74, 6) is 0.701. The molecule has 1 heterocycles. The molecule has 0 fully saturated rings. The first-order chi connectivity index (χ1) is 6.15. The summed E-state index contributed by atoms with van der Waals surface area (Å²) in [6.07, 6.45) is 3.00. The van der Waals surface area contributed by atoms with Gasteiger partial charge in [0.1, 0.15) is 0 Å². The van der Waals surface area contributed by atoms with Gasteiger partial charge >= 0.3 is 0 Å². The van der Waals surface area contributed by atoms with E-state index in [1.165, 1.54) is 5.69 Å². The fraction of sp³-hybridized carbons (Fsp3) is 0.700. The van der Waals surface area contributed by atoms with Crippen molar-refractivity contribution in [2.75, 3.05) is 7.05 Å². The zero-order valence-electron chi connectivity index (χ0n) is 8.91. The van der Waals surface area contributed by atoms with Crippen molar-refractivity contribution >= 4 is 0 Å². The van der Waals surface area contributed by atoms with Crippen molar-refractivity contribution in [1.29, 1.82) is 0 Å². The first kappa shape index (κ1) is 10.3. The Morgan fingerprint density at radius 3 is 2.62 bits per heavy atom. The molecule has 0 aliphatic carbocycles. The Kier molecular flexibility index (Phi) is 3.48. The van der Waals surface area contributed by atoms with E-state index in [-0.39, 0.29) is 0 Å². The Labute approximate surface area is 80.1 Å². The van der Waals surface area contributed by atoms with Gasteiger partial charge in [-0.25, -0.2) is 0 Å². The molecule has 3 heteroatoms. The van der Waals surface area contributed by atoms with E-state index in [1.807, 2.05) is 25.0 Å². The lowest BCUT2D eigenvalue weighted by molar-refractivity contribution is 0.434. The number of rotatable bonds is 4. The third kappa shape index (κ3) is 2.56. The first-order valence-electron chi connectivity index (χ1n) is 4.80. The molecule has 0 saturated heterocycles. The van der Waals surface area contributed by atoms with E-state index in [0.29, 0.717) is 12.0 Å². The Balaban J connectivity index is 2.72. The highest BCUT2D eigenvalue weighted by atomic mass is 15.3. The molecule has 1 atom stereocenters. The van der Waals surface area contributed by atoms with E-state index in [2.05, 4.69) is 30.3 Å². The Bertz CT molecular complexity index is 252. The summed E-state index contributed by atoms with van der Waals surface area (Å²) in [6.45, 7) is 4.47. The van der Waals surface area contributed by atoms with Crippen molar-refractivity contribution in [3.63, 3.8) is 0 Å². The molecular formula is C10H19N3. The molecular weight excluding hydrogens is 162 g/mol. The van der Waals surface area contributed by atoms with Gasteiger partial charge in [-0.1, -0.05) is 13.8 Å². The molecule has 74 valence electrons. The van der Waals surface area contributed by atoms with Crippen LogP contribution < -0.4 is 5.32 Å². The SMILES string of the molecule is CNC(CC(C)C)c1ccnn1C. The third-order valence-corrected chi connectivity index (χ3v) is 2.27. The van der Waals surface area contributed by atoms with Gasteiger partial charge in [0.05, 0.1) is 5.69 Å². The van der Waals surface area contributed by atoms with Crippen LogP contribution in [0.1, 0.15) is 32.0 Å². The van der Waals surface area contributed by atoms with Crippen LogP contribution in [-0.4, -0.2) is 16.8 Å². The van der Waals surface area contributed by atoms with E-state index in [9.17, 15) is 0 Å². The molecule has 1 aromatic rings. The minimum atomic E-state index is 0.424. The number of nitrogens with zero attached hydrogens (tertiary/aromatic N) is 2. The molecule has 1 rings (SSSR count). The van der Waals surface area contributed by atoms with Gasteiger partial charge in [0, 0.05) is 19.3 Å². The second-order valence-electron chi connectivity index (χ2n) is 3.85. The second-order valence-corrected chi connectivity index (χ2v) is 3.85. The first-order valence-corrected chi connectivity index (χ1v) is 4.80. The fourth-order valence-corrected chi connectivity index (χ4v) is 1.58. The zero-order chi connectivity index (χ0) is 9.84. The maximum absolute atomic E-state index is 4.17. The molecule has 13 heavy (non-hydrogen) atoms. The van der Waals surface area contributed by atoms with Gasteiger partial charge in [0.15, 0.2) is 0 Å². The third-order valence-electron chi connectivity index (χ3n) is 2.27. The van der Waals surface area contributed by atoms with Crippen LogP contribution in [0.3, 0.4) is 0 Å². The topological polar surface area (TPSA) is 29.9 Å². The standard InChI is InChI=1S/C10H19N3/c1-8(2)7-9(11-3)10-5-6-12-13(10)4/h5-6,8-9,11H,7H2,1-4H3. The van der Waals surface area contributed by atoms with Crippen LogP contribution in [0.15, 0.2) is 12.3 Å².